The van der Waals surface area contributed by atoms with Gasteiger partial charge in [0.15, 0.2) is 4.34 Å². The Morgan fingerprint density at radius 2 is 2.40 bits per heavy atom. The van der Waals surface area contributed by atoms with E-state index >= 15 is 0 Å². The van der Waals surface area contributed by atoms with Crippen LogP contribution in [0.3, 0.4) is 0 Å². The highest BCUT2D eigenvalue weighted by Gasteiger charge is 2.04. The van der Waals surface area contributed by atoms with Crippen molar-refractivity contribution in [3.8, 4) is 5.75 Å². The minimum Gasteiger partial charge on any atom is -0.492 e. The number of thioether (sulfide) groups is 1. The van der Waals surface area contributed by atoms with Crippen molar-refractivity contribution in [1.82, 2.24) is 15.5 Å². The molecule has 0 atom stereocenters. The van der Waals surface area contributed by atoms with Crippen LogP contribution in [0.2, 0.25) is 0 Å². The highest BCUT2D eigenvalue weighted by atomic mass is 32.2. The van der Waals surface area contributed by atoms with E-state index in [1.54, 1.807) is 5.51 Å². The van der Waals surface area contributed by atoms with Crippen molar-refractivity contribution in [3.05, 3.63) is 35.3 Å². The Balaban J connectivity index is 1.59. The molecule has 2 rings (SSSR count). The molecule has 0 aliphatic heterocycles. The van der Waals surface area contributed by atoms with E-state index < -0.39 is 0 Å². The Morgan fingerprint density at radius 3 is 3.15 bits per heavy atom. The average molecular weight is 309 g/mol. The molecule has 0 bridgehead atoms. The molecular weight excluding hydrogens is 294 g/mol. The van der Waals surface area contributed by atoms with E-state index in [9.17, 15) is 4.79 Å². The number of benzene rings is 1. The fourth-order valence-electron chi connectivity index (χ4n) is 1.47. The molecule has 0 saturated carbocycles. The summed E-state index contributed by atoms with van der Waals surface area (Å²) in [5, 5.41) is 10.4. The van der Waals surface area contributed by atoms with Crippen molar-refractivity contribution >= 4 is 29.0 Å². The van der Waals surface area contributed by atoms with Crippen molar-refractivity contribution in [3.63, 3.8) is 0 Å². The molecule has 0 unspecified atom stereocenters. The van der Waals surface area contributed by atoms with Gasteiger partial charge in [0.25, 0.3) is 0 Å². The lowest BCUT2D eigenvalue weighted by Gasteiger charge is -2.07. The first kappa shape index (κ1) is 14.8. The predicted octanol–water partition coefficient (Wildman–Crippen LogP) is 2.13. The van der Waals surface area contributed by atoms with Gasteiger partial charge in [0.05, 0.1) is 12.3 Å². The van der Waals surface area contributed by atoms with Gasteiger partial charge in [-0.05, 0) is 24.6 Å². The van der Waals surface area contributed by atoms with E-state index in [-0.39, 0.29) is 5.91 Å². The molecule has 7 heteroatoms. The summed E-state index contributed by atoms with van der Waals surface area (Å²) >= 11 is 2.81. The molecule has 1 heterocycles. The van der Waals surface area contributed by atoms with E-state index in [4.69, 9.17) is 4.74 Å². The maximum atomic E-state index is 11.6. The molecule has 5 nitrogen and oxygen atoms in total. The molecule has 0 saturated heterocycles. The van der Waals surface area contributed by atoms with Gasteiger partial charge < -0.3 is 10.1 Å². The maximum absolute atomic E-state index is 11.6. The van der Waals surface area contributed by atoms with Crippen LogP contribution >= 0.6 is 23.1 Å². The third-order valence-electron chi connectivity index (χ3n) is 2.35. The fourth-order valence-corrected chi connectivity index (χ4v) is 2.79. The molecule has 1 aromatic carbocycles. The molecule has 20 heavy (non-hydrogen) atoms. The van der Waals surface area contributed by atoms with Gasteiger partial charge in [-0.15, -0.1) is 10.2 Å². The number of rotatable bonds is 7. The largest absolute Gasteiger partial charge is 0.492 e. The van der Waals surface area contributed by atoms with Crippen LogP contribution < -0.4 is 10.1 Å². The van der Waals surface area contributed by atoms with Crippen molar-refractivity contribution in [2.24, 2.45) is 0 Å². The van der Waals surface area contributed by atoms with E-state index in [1.807, 2.05) is 31.2 Å². The minimum atomic E-state index is -0.0296. The number of carbonyl (C=O) groups excluding carboxylic acids is 1. The number of carbonyl (C=O) groups is 1. The number of ether oxygens (including phenoxy) is 1. The van der Waals surface area contributed by atoms with E-state index in [2.05, 4.69) is 15.5 Å². The lowest BCUT2D eigenvalue weighted by atomic mass is 10.2. The smallest absolute Gasteiger partial charge is 0.230 e. The summed E-state index contributed by atoms with van der Waals surface area (Å²) in [4.78, 5) is 11.6. The zero-order chi connectivity index (χ0) is 14.2. The van der Waals surface area contributed by atoms with Gasteiger partial charge in [-0.3, -0.25) is 4.79 Å². The van der Waals surface area contributed by atoms with Crippen LogP contribution in [-0.2, 0) is 4.79 Å². The van der Waals surface area contributed by atoms with Crippen LogP contribution in [0.1, 0.15) is 5.56 Å². The van der Waals surface area contributed by atoms with Crippen molar-refractivity contribution in [1.29, 1.82) is 0 Å². The number of aromatic nitrogens is 2. The first-order valence-corrected chi connectivity index (χ1v) is 7.96. The average Bonchev–Trinajstić information content (AvgIpc) is 2.95. The lowest BCUT2D eigenvalue weighted by molar-refractivity contribution is -0.118. The number of hydrogen-bond donors (Lipinski definition) is 1. The zero-order valence-electron chi connectivity index (χ0n) is 11.0. The normalized spacial score (nSPS) is 10.2. The van der Waals surface area contributed by atoms with E-state index in [1.165, 1.54) is 23.1 Å². The third-order valence-corrected chi connectivity index (χ3v) is 4.21. The summed E-state index contributed by atoms with van der Waals surface area (Å²) in [6.45, 7) is 2.96. The second-order valence-corrected chi connectivity index (χ2v) is 6.06. The molecular formula is C13H15N3O2S2. The summed E-state index contributed by atoms with van der Waals surface area (Å²) in [7, 11) is 0. The second-order valence-electron chi connectivity index (χ2n) is 4.01. The predicted molar refractivity (Wildman–Crippen MR) is 80.3 cm³/mol. The number of amides is 1. The molecule has 0 spiro atoms. The molecule has 0 aliphatic carbocycles. The standard InChI is InChI=1S/C13H15N3O2S2/c1-10-3-2-4-11(7-10)18-6-5-14-12(17)8-19-13-16-15-9-20-13/h2-4,7,9H,5-6,8H2,1H3,(H,14,17). The third kappa shape index (κ3) is 5.18. The van der Waals surface area contributed by atoms with Crippen molar-refractivity contribution in [2.45, 2.75) is 11.3 Å². The Hall–Kier alpha value is -1.60. The number of aryl methyl sites for hydroxylation is 1. The zero-order valence-corrected chi connectivity index (χ0v) is 12.7. The van der Waals surface area contributed by atoms with Crippen LogP contribution in [-0.4, -0.2) is 35.0 Å². The highest BCUT2D eigenvalue weighted by Crippen LogP contribution is 2.18. The van der Waals surface area contributed by atoms with Gasteiger partial charge in [-0.2, -0.15) is 0 Å². The lowest BCUT2D eigenvalue weighted by Crippen LogP contribution is -2.29. The van der Waals surface area contributed by atoms with Crippen LogP contribution in [0.5, 0.6) is 5.75 Å². The summed E-state index contributed by atoms with van der Waals surface area (Å²) < 4.78 is 6.35. The molecule has 1 N–H and O–H groups in total. The summed E-state index contributed by atoms with van der Waals surface area (Å²) in [5.74, 6) is 1.14. The molecule has 2 aromatic rings. The van der Waals surface area contributed by atoms with Crippen LogP contribution in [0.15, 0.2) is 34.1 Å². The minimum absolute atomic E-state index is 0.0296. The molecule has 1 amide bonds. The van der Waals surface area contributed by atoms with E-state index in [0.717, 1.165) is 15.7 Å². The number of nitrogens with one attached hydrogen (secondary N) is 1. The maximum Gasteiger partial charge on any atom is 0.230 e. The number of nitrogens with zero attached hydrogens (tertiary/aromatic N) is 2. The first-order valence-electron chi connectivity index (χ1n) is 6.09. The molecule has 0 radical (unpaired) electrons. The van der Waals surface area contributed by atoms with Gasteiger partial charge in [0.2, 0.25) is 5.91 Å². The van der Waals surface area contributed by atoms with Crippen LogP contribution in [0.25, 0.3) is 0 Å². The number of hydrogen-bond acceptors (Lipinski definition) is 6. The van der Waals surface area contributed by atoms with Crippen molar-refractivity contribution in [2.75, 3.05) is 18.9 Å². The monoisotopic (exact) mass is 309 g/mol. The van der Waals surface area contributed by atoms with Gasteiger partial charge >= 0.3 is 0 Å². The second kappa shape index (κ2) is 7.86. The van der Waals surface area contributed by atoms with Crippen molar-refractivity contribution < 1.29 is 9.53 Å². The summed E-state index contributed by atoms with van der Waals surface area (Å²) in [6, 6.07) is 7.83. The van der Waals surface area contributed by atoms with E-state index in [0.29, 0.717) is 18.9 Å². The SMILES string of the molecule is Cc1cccc(OCCNC(=O)CSc2nncs2)c1. The fraction of sp³-hybridized carbons (Fsp3) is 0.308. The summed E-state index contributed by atoms with van der Waals surface area (Å²) in [5.41, 5.74) is 2.80. The van der Waals surface area contributed by atoms with Crippen LogP contribution in [0, 0.1) is 6.92 Å². The Bertz CT molecular complexity index is 546. The Labute approximate surface area is 125 Å². The molecule has 0 aliphatic rings. The molecule has 0 fully saturated rings. The molecule has 1 aromatic heterocycles. The van der Waals surface area contributed by atoms with Gasteiger partial charge in [0, 0.05) is 0 Å². The topological polar surface area (TPSA) is 64.1 Å². The van der Waals surface area contributed by atoms with Gasteiger partial charge in [0.1, 0.15) is 17.9 Å². The van der Waals surface area contributed by atoms with Crippen LogP contribution in [0.4, 0.5) is 0 Å². The summed E-state index contributed by atoms with van der Waals surface area (Å²) in [6.07, 6.45) is 0. The van der Waals surface area contributed by atoms with Gasteiger partial charge in [-0.25, -0.2) is 0 Å². The molecule has 106 valence electrons. The quantitative estimate of drug-likeness (QED) is 0.627. The Kier molecular flexibility index (Phi) is 5.82. The first-order chi connectivity index (χ1) is 9.74. The highest BCUT2D eigenvalue weighted by molar-refractivity contribution is 8.01. The Morgan fingerprint density at radius 1 is 1.50 bits per heavy atom. The van der Waals surface area contributed by atoms with Gasteiger partial charge in [-0.1, -0.05) is 35.2 Å².